The van der Waals surface area contributed by atoms with Crippen molar-refractivity contribution in [3.05, 3.63) is 52.2 Å². The first-order chi connectivity index (χ1) is 9.15. The number of rotatable bonds is 4. The molecule has 1 aromatic carbocycles. The zero-order valence-corrected chi connectivity index (χ0v) is 10.7. The summed E-state index contributed by atoms with van der Waals surface area (Å²) in [7, 11) is 0. The van der Waals surface area contributed by atoms with E-state index in [-0.39, 0.29) is 11.6 Å². The molecule has 0 atom stereocenters. The molecule has 2 aromatic rings. The maximum Gasteiger partial charge on any atom is 0.335 e. The van der Waals surface area contributed by atoms with Crippen molar-refractivity contribution in [1.82, 2.24) is 5.32 Å². The van der Waals surface area contributed by atoms with Crippen molar-refractivity contribution in [3.8, 4) is 0 Å². The lowest BCUT2D eigenvalue weighted by Gasteiger charge is -2.07. The van der Waals surface area contributed by atoms with E-state index in [4.69, 9.17) is 5.11 Å². The Bertz CT molecular complexity index is 564. The molecule has 1 heterocycles. The number of carboxylic acid groups (broad SMARTS) is 1. The van der Waals surface area contributed by atoms with Crippen LogP contribution in [-0.4, -0.2) is 17.1 Å². The summed E-state index contributed by atoms with van der Waals surface area (Å²) in [4.78, 5) is 22.3. The fourth-order valence-corrected chi connectivity index (χ4v) is 2.12. The molecule has 0 saturated carbocycles. The van der Waals surface area contributed by atoms with Gasteiger partial charge in [0.25, 0.3) is 0 Å². The van der Waals surface area contributed by atoms with Crippen molar-refractivity contribution in [2.24, 2.45) is 0 Å². The summed E-state index contributed by atoms with van der Waals surface area (Å²) in [5.74, 6) is -0.992. The van der Waals surface area contributed by atoms with E-state index in [1.807, 2.05) is 16.8 Å². The number of urea groups is 1. The molecule has 3 N–H and O–H groups in total. The van der Waals surface area contributed by atoms with E-state index >= 15 is 0 Å². The highest BCUT2D eigenvalue weighted by Gasteiger charge is 2.04. The lowest BCUT2D eigenvalue weighted by molar-refractivity contribution is 0.0697. The number of carbonyl (C=O) groups excluding carboxylic acids is 1. The molecular formula is C13H12N2O3S. The van der Waals surface area contributed by atoms with Gasteiger partial charge in [-0.1, -0.05) is 0 Å². The van der Waals surface area contributed by atoms with E-state index in [0.29, 0.717) is 12.2 Å². The van der Waals surface area contributed by atoms with Gasteiger partial charge in [-0.2, -0.15) is 11.3 Å². The van der Waals surface area contributed by atoms with Crippen LogP contribution in [0.4, 0.5) is 10.5 Å². The maximum absolute atomic E-state index is 11.6. The molecule has 19 heavy (non-hydrogen) atoms. The van der Waals surface area contributed by atoms with Crippen LogP contribution in [-0.2, 0) is 6.54 Å². The van der Waals surface area contributed by atoms with Crippen molar-refractivity contribution in [2.45, 2.75) is 6.54 Å². The molecule has 98 valence electrons. The second kappa shape index (κ2) is 6.01. The number of thiophene rings is 1. The third-order valence-corrected chi connectivity index (χ3v) is 3.15. The van der Waals surface area contributed by atoms with Gasteiger partial charge in [-0.25, -0.2) is 9.59 Å². The molecule has 0 bridgehead atoms. The van der Waals surface area contributed by atoms with Crippen LogP contribution in [0.25, 0.3) is 0 Å². The monoisotopic (exact) mass is 276 g/mol. The van der Waals surface area contributed by atoms with Crippen molar-refractivity contribution in [3.63, 3.8) is 0 Å². The van der Waals surface area contributed by atoms with Gasteiger partial charge < -0.3 is 15.7 Å². The molecule has 0 spiro atoms. The van der Waals surface area contributed by atoms with Crippen molar-refractivity contribution in [1.29, 1.82) is 0 Å². The fourth-order valence-electron chi connectivity index (χ4n) is 1.45. The molecule has 0 aliphatic rings. The minimum absolute atomic E-state index is 0.184. The van der Waals surface area contributed by atoms with Gasteiger partial charge in [-0.3, -0.25) is 0 Å². The van der Waals surface area contributed by atoms with Crippen LogP contribution in [0.15, 0.2) is 41.1 Å². The lowest BCUT2D eigenvalue weighted by Crippen LogP contribution is -2.27. The number of carbonyl (C=O) groups is 2. The SMILES string of the molecule is O=C(NCc1ccsc1)Nc1ccc(C(=O)O)cc1. The zero-order chi connectivity index (χ0) is 13.7. The molecule has 2 rings (SSSR count). The lowest BCUT2D eigenvalue weighted by atomic mass is 10.2. The van der Waals surface area contributed by atoms with Gasteiger partial charge in [-0.05, 0) is 46.7 Å². The first-order valence-corrected chi connectivity index (χ1v) is 6.49. The van der Waals surface area contributed by atoms with Crippen LogP contribution in [0.1, 0.15) is 15.9 Å². The second-order valence-corrected chi connectivity index (χ2v) is 4.60. The Morgan fingerprint density at radius 1 is 1.16 bits per heavy atom. The highest BCUT2D eigenvalue weighted by molar-refractivity contribution is 7.07. The fraction of sp³-hybridized carbons (Fsp3) is 0.0769. The van der Waals surface area contributed by atoms with Crippen LogP contribution in [0.5, 0.6) is 0 Å². The maximum atomic E-state index is 11.6. The molecule has 0 aliphatic heterocycles. The highest BCUT2D eigenvalue weighted by atomic mass is 32.1. The van der Waals surface area contributed by atoms with Crippen molar-refractivity contribution in [2.75, 3.05) is 5.32 Å². The van der Waals surface area contributed by atoms with E-state index in [9.17, 15) is 9.59 Å². The van der Waals surface area contributed by atoms with E-state index in [1.165, 1.54) is 12.1 Å². The molecule has 5 nitrogen and oxygen atoms in total. The number of amides is 2. The van der Waals surface area contributed by atoms with Gasteiger partial charge in [0, 0.05) is 12.2 Å². The van der Waals surface area contributed by atoms with Gasteiger partial charge >= 0.3 is 12.0 Å². The molecule has 6 heteroatoms. The topological polar surface area (TPSA) is 78.4 Å². The summed E-state index contributed by atoms with van der Waals surface area (Å²) in [6.07, 6.45) is 0. The minimum Gasteiger partial charge on any atom is -0.478 e. The normalized spacial score (nSPS) is 9.89. The number of benzene rings is 1. The molecule has 2 amide bonds. The summed E-state index contributed by atoms with van der Waals surface area (Å²) >= 11 is 1.57. The van der Waals surface area contributed by atoms with Gasteiger partial charge in [-0.15, -0.1) is 0 Å². The molecule has 0 saturated heterocycles. The third-order valence-electron chi connectivity index (χ3n) is 2.42. The van der Waals surface area contributed by atoms with E-state index in [1.54, 1.807) is 23.5 Å². The highest BCUT2D eigenvalue weighted by Crippen LogP contribution is 2.09. The number of anilines is 1. The summed E-state index contributed by atoms with van der Waals surface area (Å²) in [6.45, 7) is 0.461. The predicted octanol–water partition coefficient (Wildman–Crippen LogP) is 2.77. The Morgan fingerprint density at radius 2 is 1.89 bits per heavy atom. The van der Waals surface area contributed by atoms with E-state index in [2.05, 4.69) is 10.6 Å². The average molecular weight is 276 g/mol. The smallest absolute Gasteiger partial charge is 0.335 e. The number of carboxylic acids is 1. The van der Waals surface area contributed by atoms with Crippen LogP contribution in [0.2, 0.25) is 0 Å². The standard InChI is InChI=1S/C13H12N2O3S/c16-12(17)10-1-3-11(4-2-10)15-13(18)14-7-9-5-6-19-8-9/h1-6,8H,7H2,(H,16,17)(H2,14,15,18). The molecule has 0 aliphatic carbocycles. The Hall–Kier alpha value is -2.34. The Kier molecular flexibility index (Phi) is 4.15. The quantitative estimate of drug-likeness (QED) is 0.803. The number of hydrogen-bond donors (Lipinski definition) is 3. The summed E-state index contributed by atoms with van der Waals surface area (Å²) in [5.41, 5.74) is 1.78. The number of nitrogens with one attached hydrogen (secondary N) is 2. The van der Waals surface area contributed by atoms with Gasteiger partial charge in [0.15, 0.2) is 0 Å². The van der Waals surface area contributed by atoms with E-state index in [0.717, 1.165) is 5.56 Å². The van der Waals surface area contributed by atoms with Crippen molar-refractivity contribution < 1.29 is 14.7 Å². The number of hydrogen-bond acceptors (Lipinski definition) is 3. The van der Waals surface area contributed by atoms with Crippen LogP contribution in [0, 0.1) is 0 Å². The first kappa shape index (κ1) is 13.1. The second-order valence-electron chi connectivity index (χ2n) is 3.82. The van der Waals surface area contributed by atoms with Crippen LogP contribution < -0.4 is 10.6 Å². The molecular weight excluding hydrogens is 264 g/mol. The van der Waals surface area contributed by atoms with Gasteiger partial charge in [0.2, 0.25) is 0 Å². The molecule has 1 aromatic heterocycles. The minimum atomic E-state index is -0.992. The van der Waals surface area contributed by atoms with Crippen LogP contribution >= 0.6 is 11.3 Å². The Labute approximate surface area is 113 Å². The average Bonchev–Trinajstić information content (AvgIpc) is 2.90. The third kappa shape index (κ3) is 3.82. The zero-order valence-electron chi connectivity index (χ0n) is 9.92. The Morgan fingerprint density at radius 3 is 2.47 bits per heavy atom. The largest absolute Gasteiger partial charge is 0.478 e. The van der Waals surface area contributed by atoms with Crippen molar-refractivity contribution >= 4 is 29.0 Å². The predicted molar refractivity (Wildman–Crippen MR) is 73.6 cm³/mol. The first-order valence-electron chi connectivity index (χ1n) is 5.54. The number of aromatic carboxylic acids is 1. The van der Waals surface area contributed by atoms with Crippen LogP contribution in [0.3, 0.4) is 0 Å². The molecule has 0 radical (unpaired) electrons. The summed E-state index contributed by atoms with van der Waals surface area (Å²) in [5, 5.41) is 18.0. The summed E-state index contributed by atoms with van der Waals surface area (Å²) in [6, 6.07) is 7.59. The molecule has 0 unspecified atom stereocenters. The Balaban J connectivity index is 1.86. The van der Waals surface area contributed by atoms with Gasteiger partial charge in [0.05, 0.1) is 5.56 Å². The van der Waals surface area contributed by atoms with Gasteiger partial charge in [0.1, 0.15) is 0 Å². The van der Waals surface area contributed by atoms with E-state index < -0.39 is 5.97 Å². The molecule has 0 fully saturated rings. The summed E-state index contributed by atoms with van der Waals surface area (Å²) < 4.78 is 0.